The number of amides is 4. The summed E-state index contributed by atoms with van der Waals surface area (Å²) in [6, 6.07) is 11.0. The second-order valence-corrected chi connectivity index (χ2v) is 8.87. The summed E-state index contributed by atoms with van der Waals surface area (Å²) < 4.78 is 0. The molecule has 200 valence electrons. The lowest BCUT2D eigenvalue weighted by Crippen LogP contribution is -2.41. The lowest BCUT2D eigenvalue weighted by Gasteiger charge is -2.29. The van der Waals surface area contributed by atoms with Crippen molar-refractivity contribution < 1.29 is 19.2 Å². The fourth-order valence-electron chi connectivity index (χ4n) is 5.80. The molecule has 0 saturated heterocycles. The summed E-state index contributed by atoms with van der Waals surface area (Å²) in [4.78, 5) is 54.9. The molecule has 4 aromatic rings. The fraction of sp³-hybridized carbons (Fsp3) is 0.273. The first-order chi connectivity index (χ1) is 18.8. The zero-order valence-corrected chi connectivity index (χ0v) is 23.7. The van der Waals surface area contributed by atoms with E-state index in [1.807, 2.05) is 58.9 Å². The molecule has 0 N–H and O–H groups in total. The highest BCUT2D eigenvalue weighted by Crippen LogP contribution is 2.41. The first-order valence-electron chi connectivity index (χ1n) is 13.7. The monoisotopic (exact) mass is 522 g/mol. The Bertz CT molecular complexity index is 1760. The van der Waals surface area contributed by atoms with Gasteiger partial charge in [-0.25, -0.2) is 0 Å². The van der Waals surface area contributed by atoms with Crippen LogP contribution in [-0.4, -0.2) is 46.5 Å². The molecule has 2 aliphatic rings. The van der Waals surface area contributed by atoms with Gasteiger partial charge >= 0.3 is 0 Å². The summed E-state index contributed by atoms with van der Waals surface area (Å²) in [6.45, 7) is 18.1. The summed E-state index contributed by atoms with van der Waals surface area (Å²) in [6.07, 6.45) is 1.95. The van der Waals surface area contributed by atoms with Crippen LogP contribution in [0.1, 0.15) is 85.1 Å². The number of imide groups is 2. The van der Waals surface area contributed by atoms with E-state index in [4.69, 9.17) is 0 Å². The predicted octanol–water partition coefficient (Wildman–Crippen LogP) is 6.35. The molecular weight excluding hydrogens is 488 g/mol. The third kappa shape index (κ3) is 3.62. The van der Waals surface area contributed by atoms with Crippen molar-refractivity contribution in [2.24, 2.45) is 0 Å². The molecule has 0 radical (unpaired) electrons. The van der Waals surface area contributed by atoms with Crippen LogP contribution in [0.2, 0.25) is 0 Å². The zero-order chi connectivity index (χ0) is 28.8. The quantitative estimate of drug-likeness (QED) is 0.133. The van der Waals surface area contributed by atoms with E-state index >= 15 is 0 Å². The Hall–Kier alpha value is -4.32. The van der Waals surface area contributed by atoms with Gasteiger partial charge in [0, 0.05) is 46.3 Å². The molecule has 0 spiro atoms. The molecule has 6 nitrogen and oxygen atoms in total. The van der Waals surface area contributed by atoms with Gasteiger partial charge in [0.15, 0.2) is 0 Å². The molecule has 0 aromatic heterocycles. The SMILES string of the molecule is C=C1C(=O)N(CC)C(=O)c2ccc3c(c21)/c(=C\C)c1ccc2c4c(ccc3c41)C(=O)N(CC)C2=O.CC.CC. The topological polar surface area (TPSA) is 74.8 Å². The van der Waals surface area contributed by atoms with Crippen LogP contribution in [0.4, 0.5) is 0 Å². The molecule has 0 saturated carbocycles. The van der Waals surface area contributed by atoms with Crippen molar-refractivity contribution in [3.05, 3.63) is 70.4 Å². The molecular formula is C33H34N2O4. The zero-order valence-electron chi connectivity index (χ0n) is 23.7. The molecule has 6 rings (SSSR count). The Morgan fingerprint density at radius 1 is 0.615 bits per heavy atom. The van der Waals surface area contributed by atoms with Crippen LogP contribution >= 0.6 is 0 Å². The summed E-state index contributed by atoms with van der Waals surface area (Å²) in [5, 5.41) is 5.69. The summed E-state index contributed by atoms with van der Waals surface area (Å²) in [7, 11) is 0. The van der Waals surface area contributed by atoms with Crippen molar-refractivity contribution in [2.75, 3.05) is 13.1 Å². The minimum Gasteiger partial charge on any atom is -0.275 e. The first-order valence-corrected chi connectivity index (χ1v) is 13.7. The minimum absolute atomic E-state index is 0.272. The van der Waals surface area contributed by atoms with Crippen molar-refractivity contribution in [1.29, 1.82) is 0 Å². The van der Waals surface area contributed by atoms with Gasteiger partial charge in [-0.1, -0.05) is 58.5 Å². The first kappa shape index (κ1) is 27.7. The average Bonchev–Trinajstić information content (AvgIpc) is 2.97. The third-order valence-electron chi connectivity index (χ3n) is 7.37. The van der Waals surface area contributed by atoms with Gasteiger partial charge in [0.1, 0.15) is 0 Å². The summed E-state index contributed by atoms with van der Waals surface area (Å²) in [5.41, 5.74) is 2.31. The maximum absolute atomic E-state index is 13.2. The smallest absolute Gasteiger partial charge is 0.261 e. The van der Waals surface area contributed by atoms with Gasteiger partial charge in [0.05, 0.1) is 0 Å². The molecule has 39 heavy (non-hydrogen) atoms. The van der Waals surface area contributed by atoms with Crippen LogP contribution in [0.5, 0.6) is 0 Å². The molecule has 0 unspecified atom stereocenters. The van der Waals surface area contributed by atoms with Gasteiger partial charge < -0.3 is 0 Å². The van der Waals surface area contributed by atoms with Gasteiger partial charge in [0.2, 0.25) is 0 Å². The highest BCUT2D eigenvalue weighted by Gasteiger charge is 2.36. The van der Waals surface area contributed by atoms with Gasteiger partial charge in [0.25, 0.3) is 23.6 Å². The number of benzene rings is 4. The van der Waals surface area contributed by atoms with E-state index in [1.54, 1.807) is 32.0 Å². The molecule has 0 bridgehead atoms. The second-order valence-electron chi connectivity index (χ2n) is 8.87. The summed E-state index contributed by atoms with van der Waals surface area (Å²) >= 11 is 0. The maximum Gasteiger partial charge on any atom is 0.261 e. The van der Waals surface area contributed by atoms with Crippen LogP contribution in [0.25, 0.3) is 44.0 Å². The van der Waals surface area contributed by atoms with Gasteiger partial charge in [-0.3, -0.25) is 29.0 Å². The highest BCUT2D eigenvalue weighted by atomic mass is 16.2. The Morgan fingerprint density at radius 2 is 1.05 bits per heavy atom. The molecule has 0 aliphatic carbocycles. The largest absolute Gasteiger partial charge is 0.275 e. The van der Waals surface area contributed by atoms with Gasteiger partial charge in [-0.2, -0.15) is 0 Å². The molecule has 4 amide bonds. The number of fused-ring (bicyclic) bond motifs is 4. The fourth-order valence-corrected chi connectivity index (χ4v) is 5.80. The van der Waals surface area contributed by atoms with E-state index in [1.165, 1.54) is 9.80 Å². The standard InChI is InChI=1S/C29H22N2O4.2C2H6/c1-5-15-16-8-12-20-25-21(29(35)31(7-3)28(20)34)13-10-18(24(16)25)17-9-11-19-22(23(15)17)14(4)26(32)30(6-2)27(19)33;2*1-2/h5,8-13H,4,6-7H2,1-3H3;2*1-2H3/b15-5-;;. The molecule has 6 heteroatoms. The van der Waals surface area contributed by atoms with Crippen LogP contribution in [0.3, 0.4) is 0 Å². The number of likely N-dealkylation sites (N-methyl/N-ethyl adjacent to an activating group) is 1. The lowest BCUT2D eigenvalue weighted by molar-refractivity contribution is -0.122. The number of hydrogen-bond acceptors (Lipinski definition) is 4. The van der Waals surface area contributed by atoms with E-state index in [-0.39, 0.29) is 35.7 Å². The van der Waals surface area contributed by atoms with Gasteiger partial charge in [-0.05, 0) is 71.1 Å². The second kappa shape index (κ2) is 10.4. The Morgan fingerprint density at radius 3 is 1.56 bits per heavy atom. The molecule has 4 aromatic carbocycles. The van der Waals surface area contributed by atoms with Crippen LogP contribution < -0.4 is 5.22 Å². The normalized spacial score (nSPS) is 15.1. The van der Waals surface area contributed by atoms with Crippen molar-refractivity contribution in [3.8, 4) is 0 Å². The number of hydrogen-bond donors (Lipinski definition) is 0. The van der Waals surface area contributed by atoms with E-state index < -0.39 is 0 Å². The Balaban J connectivity index is 0.000000845. The number of carbonyl (C=O) groups excluding carboxylic acids is 4. The van der Waals surface area contributed by atoms with E-state index in [9.17, 15) is 19.2 Å². The average molecular weight is 523 g/mol. The molecule has 2 heterocycles. The molecule has 2 aliphatic heterocycles. The van der Waals surface area contributed by atoms with E-state index in [0.717, 1.165) is 32.1 Å². The van der Waals surface area contributed by atoms with E-state index in [0.29, 0.717) is 34.2 Å². The van der Waals surface area contributed by atoms with Crippen molar-refractivity contribution in [1.82, 2.24) is 9.80 Å². The maximum atomic E-state index is 13.2. The van der Waals surface area contributed by atoms with Crippen LogP contribution in [-0.2, 0) is 4.79 Å². The number of carbonyl (C=O) groups is 4. The van der Waals surface area contributed by atoms with Crippen molar-refractivity contribution >= 4 is 67.6 Å². The van der Waals surface area contributed by atoms with Crippen LogP contribution in [0.15, 0.2) is 43.0 Å². The molecule has 0 atom stereocenters. The minimum atomic E-state index is -0.388. The third-order valence-corrected chi connectivity index (χ3v) is 7.37. The Labute approximate surface area is 228 Å². The van der Waals surface area contributed by atoms with Gasteiger partial charge in [-0.15, -0.1) is 0 Å². The van der Waals surface area contributed by atoms with Crippen molar-refractivity contribution in [3.63, 3.8) is 0 Å². The lowest BCUT2D eigenvalue weighted by atomic mass is 9.82. The molecule has 0 fully saturated rings. The predicted molar refractivity (Wildman–Crippen MR) is 159 cm³/mol. The highest BCUT2D eigenvalue weighted by molar-refractivity contribution is 6.37. The number of rotatable bonds is 2. The summed E-state index contributed by atoms with van der Waals surface area (Å²) in [5.74, 6) is -1.31. The number of nitrogens with zero attached hydrogens (tertiary/aromatic N) is 2. The van der Waals surface area contributed by atoms with E-state index in [2.05, 4.69) is 6.58 Å². The Kier molecular flexibility index (Phi) is 7.42. The van der Waals surface area contributed by atoms with Crippen LogP contribution in [0, 0.1) is 0 Å². The van der Waals surface area contributed by atoms with Crippen molar-refractivity contribution in [2.45, 2.75) is 48.5 Å².